The molecule has 6 heteroatoms. The van der Waals surface area contributed by atoms with Crippen molar-refractivity contribution in [3.05, 3.63) is 45.5 Å². The van der Waals surface area contributed by atoms with E-state index in [1.165, 1.54) is 0 Å². The van der Waals surface area contributed by atoms with Gasteiger partial charge in [-0.3, -0.25) is 4.79 Å². The molecular formula is C27H38ClFO4. The molecule has 0 aliphatic heterocycles. The molecule has 4 atom stereocenters. The van der Waals surface area contributed by atoms with Crippen LogP contribution in [0.5, 0.6) is 11.5 Å². The summed E-state index contributed by atoms with van der Waals surface area (Å²) in [5, 5.41) is 11.3. The molecule has 1 N–H and O–H groups in total. The van der Waals surface area contributed by atoms with Crippen LogP contribution >= 0.6 is 11.6 Å². The van der Waals surface area contributed by atoms with Gasteiger partial charge in [0.05, 0.1) is 11.1 Å². The maximum Gasteiger partial charge on any atom is 0.228 e. The standard InChI is InChI=1S/C27H38ClFO4/c1-8-32-20(6)23-18(4)24(28)26(33-15-29)21(25(23)31)11-9-16(2)13-14-27(7)17(3)10-12-22(30)19(27)5/h9,13-14,17,19-20,31H,8,10-12,15H2,1-7H3/b14-13+,16-9+/t17-,19+,20?,27+/m1/s1. The number of aromatic hydroxyl groups is 1. The molecule has 0 saturated heterocycles. The van der Waals surface area contributed by atoms with Crippen molar-refractivity contribution < 1.29 is 23.8 Å². The van der Waals surface area contributed by atoms with E-state index in [1.807, 2.05) is 39.8 Å². The highest BCUT2D eigenvalue weighted by molar-refractivity contribution is 6.33. The number of phenolic OH excluding ortho intramolecular Hbond substituents is 1. The van der Waals surface area contributed by atoms with Crippen LogP contribution in [0, 0.1) is 24.2 Å². The van der Waals surface area contributed by atoms with E-state index in [0.29, 0.717) is 47.8 Å². The average Bonchev–Trinajstić information content (AvgIpc) is 2.77. The maximum absolute atomic E-state index is 13.1. The van der Waals surface area contributed by atoms with Crippen molar-refractivity contribution in [2.75, 3.05) is 13.5 Å². The number of carbonyl (C=O) groups excluding carboxylic acids is 1. The number of alkyl halides is 1. The van der Waals surface area contributed by atoms with Gasteiger partial charge in [0, 0.05) is 30.1 Å². The second-order valence-corrected chi connectivity index (χ2v) is 9.72. The van der Waals surface area contributed by atoms with Crippen LogP contribution in [0.3, 0.4) is 0 Å². The molecule has 1 aromatic rings. The molecule has 0 spiro atoms. The highest BCUT2D eigenvalue weighted by Crippen LogP contribution is 2.46. The molecule has 1 fully saturated rings. The third kappa shape index (κ3) is 5.81. The predicted molar refractivity (Wildman–Crippen MR) is 132 cm³/mol. The minimum absolute atomic E-state index is 0.0152. The summed E-state index contributed by atoms with van der Waals surface area (Å²) in [6, 6.07) is 0. The number of allylic oxidation sites excluding steroid dienone is 4. The molecule has 1 aliphatic rings. The van der Waals surface area contributed by atoms with Crippen LogP contribution < -0.4 is 4.74 Å². The molecule has 4 nitrogen and oxygen atoms in total. The van der Waals surface area contributed by atoms with E-state index in [9.17, 15) is 14.3 Å². The van der Waals surface area contributed by atoms with Crippen molar-refractivity contribution in [3.8, 4) is 11.5 Å². The summed E-state index contributed by atoms with van der Waals surface area (Å²) in [6.07, 6.45) is 7.58. The first-order valence-electron chi connectivity index (χ1n) is 11.7. The molecule has 0 bridgehead atoms. The van der Waals surface area contributed by atoms with Gasteiger partial charge in [-0.15, -0.1) is 0 Å². The van der Waals surface area contributed by atoms with E-state index < -0.39 is 6.86 Å². The molecule has 0 heterocycles. The van der Waals surface area contributed by atoms with E-state index >= 15 is 0 Å². The first kappa shape index (κ1) is 27.4. The fourth-order valence-electron chi connectivity index (χ4n) is 4.70. The van der Waals surface area contributed by atoms with Crippen LogP contribution in [0.25, 0.3) is 0 Å². The van der Waals surface area contributed by atoms with Crippen LogP contribution in [0.1, 0.15) is 77.2 Å². The second-order valence-electron chi connectivity index (χ2n) is 9.34. The number of ketones is 1. The molecule has 2 rings (SSSR count). The third-order valence-corrected chi connectivity index (χ3v) is 7.86. The number of ether oxygens (including phenoxy) is 2. The Morgan fingerprint density at radius 1 is 1.39 bits per heavy atom. The summed E-state index contributed by atoms with van der Waals surface area (Å²) < 4.78 is 24.0. The lowest BCUT2D eigenvalue weighted by atomic mass is 9.61. The smallest absolute Gasteiger partial charge is 0.228 e. The van der Waals surface area contributed by atoms with E-state index in [-0.39, 0.29) is 34.0 Å². The maximum atomic E-state index is 13.1. The lowest BCUT2D eigenvalue weighted by Crippen LogP contribution is -2.40. The first-order chi connectivity index (χ1) is 15.5. The Bertz CT molecular complexity index is 923. The summed E-state index contributed by atoms with van der Waals surface area (Å²) in [6.45, 7) is 13.2. The third-order valence-electron chi connectivity index (χ3n) is 7.40. The number of phenols is 1. The highest BCUT2D eigenvalue weighted by Gasteiger charge is 2.41. The summed E-state index contributed by atoms with van der Waals surface area (Å²) in [7, 11) is 0. The number of hydrogen-bond acceptors (Lipinski definition) is 4. The van der Waals surface area contributed by atoms with Crippen LogP contribution in [0.4, 0.5) is 4.39 Å². The van der Waals surface area contributed by atoms with Gasteiger partial charge in [-0.05, 0) is 57.4 Å². The molecular weight excluding hydrogens is 443 g/mol. The second kappa shape index (κ2) is 11.5. The van der Waals surface area contributed by atoms with Crippen LogP contribution in [-0.2, 0) is 16.0 Å². The minimum Gasteiger partial charge on any atom is -0.507 e. The van der Waals surface area contributed by atoms with Crippen LogP contribution in [0.2, 0.25) is 5.02 Å². The zero-order valence-electron chi connectivity index (χ0n) is 20.9. The summed E-state index contributed by atoms with van der Waals surface area (Å²) in [5.41, 5.74) is 2.39. The average molecular weight is 481 g/mol. The predicted octanol–water partition coefficient (Wildman–Crippen LogP) is 7.44. The van der Waals surface area contributed by atoms with E-state index in [2.05, 4.69) is 19.9 Å². The number of halogens is 2. The van der Waals surface area contributed by atoms with E-state index in [0.717, 1.165) is 12.0 Å². The Kier molecular flexibility index (Phi) is 9.57. The largest absolute Gasteiger partial charge is 0.507 e. The van der Waals surface area contributed by atoms with Gasteiger partial charge in [0.2, 0.25) is 6.86 Å². The lowest BCUT2D eigenvalue weighted by molar-refractivity contribution is -0.129. The van der Waals surface area contributed by atoms with Gasteiger partial charge in [0.25, 0.3) is 0 Å². The monoisotopic (exact) mass is 480 g/mol. The summed E-state index contributed by atoms with van der Waals surface area (Å²) in [5.74, 6) is 0.854. The van der Waals surface area contributed by atoms with E-state index in [4.69, 9.17) is 21.1 Å². The molecule has 1 aromatic carbocycles. The highest BCUT2D eigenvalue weighted by atomic mass is 35.5. The summed E-state index contributed by atoms with van der Waals surface area (Å²) in [4.78, 5) is 12.3. The van der Waals surface area contributed by atoms with Gasteiger partial charge < -0.3 is 14.6 Å². The first-order valence-corrected chi connectivity index (χ1v) is 12.1. The number of rotatable bonds is 9. The van der Waals surface area contributed by atoms with Crippen molar-refractivity contribution in [1.82, 2.24) is 0 Å². The molecule has 0 radical (unpaired) electrons. The quantitative estimate of drug-likeness (QED) is 0.373. The SMILES string of the molecule is CCOC(C)c1c(C)c(Cl)c(OCF)c(C/C=C(C)/C=C/[C@@]2(C)[C@H](C)CCC(=O)[C@@H]2C)c1O. The van der Waals surface area contributed by atoms with Gasteiger partial charge in [0.15, 0.2) is 0 Å². The lowest BCUT2D eigenvalue weighted by Gasteiger charge is -2.42. The van der Waals surface area contributed by atoms with Crippen molar-refractivity contribution in [2.45, 2.75) is 73.8 Å². The molecule has 1 unspecified atom stereocenters. The molecule has 0 aromatic heterocycles. The van der Waals surface area contributed by atoms with Crippen molar-refractivity contribution in [2.24, 2.45) is 17.3 Å². The molecule has 1 saturated carbocycles. The fourth-order valence-corrected chi connectivity index (χ4v) is 4.97. The van der Waals surface area contributed by atoms with Gasteiger partial charge in [-0.25, -0.2) is 4.39 Å². The fraction of sp³-hybridized carbons (Fsp3) is 0.593. The number of Topliss-reactive ketones (excluding diaryl/α,β-unsaturated/α-hetero) is 1. The van der Waals surface area contributed by atoms with Crippen molar-refractivity contribution in [3.63, 3.8) is 0 Å². The zero-order valence-corrected chi connectivity index (χ0v) is 21.7. The molecule has 33 heavy (non-hydrogen) atoms. The number of carbonyl (C=O) groups is 1. The summed E-state index contributed by atoms with van der Waals surface area (Å²) >= 11 is 6.52. The minimum atomic E-state index is -1.04. The van der Waals surface area contributed by atoms with E-state index in [1.54, 1.807) is 6.92 Å². The van der Waals surface area contributed by atoms with Crippen LogP contribution in [0.15, 0.2) is 23.8 Å². The van der Waals surface area contributed by atoms with Crippen LogP contribution in [-0.4, -0.2) is 24.4 Å². The van der Waals surface area contributed by atoms with Gasteiger partial charge in [0.1, 0.15) is 17.3 Å². The van der Waals surface area contributed by atoms with Gasteiger partial charge in [-0.2, -0.15) is 0 Å². The van der Waals surface area contributed by atoms with Crippen molar-refractivity contribution >= 4 is 17.4 Å². The Morgan fingerprint density at radius 3 is 2.67 bits per heavy atom. The number of benzene rings is 1. The molecule has 184 valence electrons. The Labute approximate surface area is 202 Å². The molecule has 0 amide bonds. The zero-order chi connectivity index (χ0) is 24.9. The Balaban J connectivity index is 2.40. The topological polar surface area (TPSA) is 55.8 Å². The normalized spacial score (nSPS) is 25.0. The number of hydrogen-bond donors (Lipinski definition) is 1. The van der Waals surface area contributed by atoms with Gasteiger partial charge >= 0.3 is 0 Å². The Hall–Kier alpha value is -1.85. The molecule has 1 aliphatic carbocycles. The van der Waals surface area contributed by atoms with Crippen molar-refractivity contribution in [1.29, 1.82) is 0 Å². The Morgan fingerprint density at radius 2 is 2.06 bits per heavy atom. The van der Waals surface area contributed by atoms with Gasteiger partial charge in [-0.1, -0.05) is 56.2 Å².